The molecule has 52 heavy (non-hydrogen) atoms. The van der Waals surface area contributed by atoms with Crippen molar-refractivity contribution in [2.24, 2.45) is 0 Å². The lowest BCUT2D eigenvalue weighted by Gasteiger charge is -2.15. The van der Waals surface area contributed by atoms with Crippen molar-refractivity contribution in [3.63, 3.8) is 0 Å². The fourth-order valence-corrected chi connectivity index (χ4v) is 5.68. The highest BCUT2D eigenvalue weighted by molar-refractivity contribution is 5.70. The minimum Gasteiger partial charge on any atom is -0.462 e. The average Bonchev–Trinajstić information content (AvgIpc) is 3.15. The Labute approximate surface area is 321 Å². The summed E-state index contributed by atoms with van der Waals surface area (Å²) >= 11 is 0. The Morgan fingerprint density at radius 3 is 1.17 bits per heavy atom. The van der Waals surface area contributed by atoms with Gasteiger partial charge >= 0.3 is 11.9 Å². The van der Waals surface area contributed by atoms with E-state index in [0.29, 0.717) is 12.8 Å². The molecule has 0 aliphatic carbocycles. The SMILES string of the molecule is CCCCCC=CCC=CCC=CCC=CCCCCCC(=O)OC(CO)COC(=O)CCCCCCCCCCCC=CCC=CCCCCC. The summed E-state index contributed by atoms with van der Waals surface area (Å²) in [6.07, 6.45) is 56.8. The van der Waals surface area contributed by atoms with Gasteiger partial charge in [0.15, 0.2) is 6.10 Å². The molecule has 5 nitrogen and oxygen atoms in total. The molecular formula is C47H80O5. The van der Waals surface area contributed by atoms with Crippen molar-refractivity contribution in [1.29, 1.82) is 0 Å². The number of rotatable bonds is 38. The molecular weight excluding hydrogens is 645 g/mol. The van der Waals surface area contributed by atoms with Crippen LogP contribution in [0.5, 0.6) is 0 Å². The summed E-state index contributed by atoms with van der Waals surface area (Å²) in [4.78, 5) is 24.3. The van der Waals surface area contributed by atoms with Crippen molar-refractivity contribution in [1.82, 2.24) is 0 Å². The van der Waals surface area contributed by atoms with Crippen molar-refractivity contribution < 1.29 is 24.2 Å². The monoisotopic (exact) mass is 725 g/mol. The maximum absolute atomic E-state index is 12.2. The van der Waals surface area contributed by atoms with Crippen molar-refractivity contribution in [2.75, 3.05) is 13.2 Å². The van der Waals surface area contributed by atoms with Crippen molar-refractivity contribution in [3.05, 3.63) is 72.9 Å². The molecule has 0 fully saturated rings. The highest BCUT2D eigenvalue weighted by Crippen LogP contribution is 2.13. The molecule has 0 spiro atoms. The van der Waals surface area contributed by atoms with Crippen LogP contribution in [0.4, 0.5) is 0 Å². The first-order valence-electron chi connectivity index (χ1n) is 21.5. The second kappa shape index (κ2) is 42.8. The number of unbranched alkanes of at least 4 members (excludes halogenated alkanes) is 18. The second-order valence-electron chi connectivity index (χ2n) is 14.1. The van der Waals surface area contributed by atoms with Gasteiger partial charge in [0, 0.05) is 12.8 Å². The lowest BCUT2D eigenvalue weighted by atomic mass is 10.1. The Bertz CT molecular complexity index is 957. The van der Waals surface area contributed by atoms with E-state index in [1.54, 1.807) is 0 Å². The van der Waals surface area contributed by atoms with Gasteiger partial charge in [-0.25, -0.2) is 0 Å². The summed E-state index contributed by atoms with van der Waals surface area (Å²) in [5.74, 6) is -0.635. The summed E-state index contributed by atoms with van der Waals surface area (Å²) in [5, 5.41) is 9.58. The number of aliphatic hydroxyl groups is 1. The van der Waals surface area contributed by atoms with E-state index in [1.807, 2.05) is 0 Å². The molecule has 1 N–H and O–H groups in total. The van der Waals surface area contributed by atoms with Crippen molar-refractivity contribution in [2.45, 2.75) is 200 Å². The summed E-state index contributed by atoms with van der Waals surface area (Å²) in [6, 6.07) is 0. The maximum atomic E-state index is 12.2. The molecule has 1 unspecified atom stereocenters. The molecule has 0 radical (unpaired) electrons. The lowest BCUT2D eigenvalue weighted by molar-refractivity contribution is -0.161. The zero-order valence-electron chi connectivity index (χ0n) is 33.8. The predicted molar refractivity (Wildman–Crippen MR) is 223 cm³/mol. The average molecular weight is 725 g/mol. The minimum absolute atomic E-state index is 0.0842. The number of hydrogen-bond donors (Lipinski definition) is 1. The summed E-state index contributed by atoms with van der Waals surface area (Å²) in [6.45, 7) is 4.05. The van der Waals surface area contributed by atoms with Crippen LogP contribution >= 0.6 is 0 Å². The van der Waals surface area contributed by atoms with Crippen LogP contribution in [0.3, 0.4) is 0 Å². The van der Waals surface area contributed by atoms with E-state index in [0.717, 1.165) is 70.6 Å². The van der Waals surface area contributed by atoms with E-state index < -0.39 is 6.10 Å². The zero-order valence-corrected chi connectivity index (χ0v) is 33.8. The van der Waals surface area contributed by atoms with E-state index in [4.69, 9.17) is 9.47 Å². The standard InChI is InChI=1S/C47H80O5/c1-3-5-7-9-11-13-15-17-19-21-23-25-27-29-31-33-35-37-39-41-46(49)51-44-45(43-48)52-47(50)42-40-38-36-34-32-30-28-26-24-22-20-18-16-14-12-10-8-6-4-2/h11-14,17-20,24,26,30,32,45,48H,3-10,15-16,21-23,25,27-29,31,33-44H2,1-2H3. The second-order valence-corrected chi connectivity index (χ2v) is 14.1. The molecule has 0 bridgehead atoms. The first-order valence-corrected chi connectivity index (χ1v) is 21.5. The van der Waals surface area contributed by atoms with Gasteiger partial charge in [0.25, 0.3) is 0 Å². The summed E-state index contributed by atoms with van der Waals surface area (Å²) in [7, 11) is 0. The third-order valence-electron chi connectivity index (χ3n) is 8.97. The van der Waals surface area contributed by atoms with Gasteiger partial charge in [-0.3, -0.25) is 9.59 Å². The van der Waals surface area contributed by atoms with Crippen LogP contribution in [0.25, 0.3) is 0 Å². The van der Waals surface area contributed by atoms with Crippen LogP contribution in [0.2, 0.25) is 0 Å². The third-order valence-corrected chi connectivity index (χ3v) is 8.97. The van der Waals surface area contributed by atoms with Gasteiger partial charge in [0.05, 0.1) is 6.61 Å². The molecule has 298 valence electrons. The number of allylic oxidation sites excluding steroid dienone is 12. The molecule has 0 aliphatic heterocycles. The minimum atomic E-state index is -0.793. The molecule has 0 rings (SSSR count). The summed E-state index contributed by atoms with van der Waals surface area (Å²) in [5.41, 5.74) is 0. The Balaban J connectivity index is 3.63. The Kier molecular flexibility index (Phi) is 40.6. The fourth-order valence-electron chi connectivity index (χ4n) is 5.68. The van der Waals surface area contributed by atoms with Crippen molar-refractivity contribution >= 4 is 11.9 Å². The van der Waals surface area contributed by atoms with Gasteiger partial charge in [0.2, 0.25) is 0 Å². The van der Waals surface area contributed by atoms with Crippen LogP contribution in [-0.4, -0.2) is 36.4 Å². The smallest absolute Gasteiger partial charge is 0.306 e. The van der Waals surface area contributed by atoms with E-state index in [2.05, 4.69) is 86.8 Å². The van der Waals surface area contributed by atoms with E-state index in [-0.39, 0.29) is 25.2 Å². The highest BCUT2D eigenvalue weighted by Gasteiger charge is 2.16. The van der Waals surface area contributed by atoms with E-state index in [1.165, 1.54) is 96.3 Å². The van der Waals surface area contributed by atoms with Crippen LogP contribution in [0.1, 0.15) is 194 Å². The Hall–Kier alpha value is -2.66. The Morgan fingerprint density at radius 1 is 0.442 bits per heavy atom. The zero-order chi connectivity index (χ0) is 37.8. The summed E-state index contributed by atoms with van der Waals surface area (Å²) < 4.78 is 10.6. The molecule has 0 heterocycles. The predicted octanol–water partition coefficient (Wildman–Crippen LogP) is 13.7. The van der Waals surface area contributed by atoms with Gasteiger partial charge in [-0.1, -0.05) is 164 Å². The van der Waals surface area contributed by atoms with Gasteiger partial charge in [-0.2, -0.15) is 0 Å². The number of ether oxygens (including phenoxy) is 2. The fraction of sp³-hybridized carbons (Fsp3) is 0.702. The third kappa shape index (κ3) is 40.1. The molecule has 0 aromatic rings. The number of esters is 2. The molecule has 0 saturated heterocycles. The van der Waals surface area contributed by atoms with Gasteiger partial charge in [-0.15, -0.1) is 0 Å². The topological polar surface area (TPSA) is 72.8 Å². The van der Waals surface area contributed by atoms with Gasteiger partial charge in [0.1, 0.15) is 6.61 Å². The van der Waals surface area contributed by atoms with Crippen LogP contribution < -0.4 is 0 Å². The van der Waals surface area contributed by atoms with Crippen LogP contribution in [0.15, 0.2) is 72.9 Å². The van der Waals surface area contributed by atoms with E-state index in [9.17, 15) is 14.7 Å². The van der Waals surface area contributed by atoms with Crippen LogP contribution in [-0.2, 0) is 19.1 Å². The van der Waals surface area contributed by atoms with E-state index >= 15 is 0 Å². The molecule has 0 saturated carbocycles. The van der Waals surface area contributed by atoms with Gasteiger partial charge < -0.3 is 14.6 Å². The Morgan fingerprint density at radius 2 is 0.769 bits per heavy atom. The first-order chi connectivity index (χ1) is 25.6. The lowest BCUT2D eigenvalue weighted by Crippen LogP contribution is -2.28. The normalized spacial score (nSPS) is 12.9. The number of carbonyl (C=O) groups excluding carboxylic acids is 2. The van der Waals surface area contributed by atoms with Crippen LogP contribution in [0, 0.1) is 0 Å². The molecule has 0 aromatic carbocycles. The first kappa shape index (κ1) is 49.3. The molecule has 1 atom stereocenters. The number of hydrogen-bond acceptors (Lipinski definition) is 5. The molecule has 0 amide bonds. The maximum Gasteiger partial charge on any atom is 0.306 e. The van der Waals surface area contributed by atoms with Gasteiger partial charge in [-0.05, 0) is 89.9 Å². The number of aliphatic hydroxyl groups excluding tert-OH is 1. The highest BCUT2D eigenvalue weighted by atomic mass is 16.6. The number of carbonyl (C=O) groups is 2. The molecule has 0 aliphatic rings. The molecule has 5 heteroatoms. The molecule has 0 aromatic heterocycles. The van der Waals surface area contributed by atoms with Crippen molar-refractivity contribution in [3.8, 4) is 0 Å². The largest absolute Gasteiger partial charge is 0.462 e. The quantitative estimate of drug-likeness (QED) is 0.0390.